The molecule has 1 aliphatic heterocycles. The van der Waals surface area contributed by atoms with Crippen LogP contribution in [-0.2, 0) is 11.2 Å². The van der Waals surface area contributed by atoms with E-state index in [1.807, 2.05) is 6.07 Å². The van der Waals surface area contributed by atoms with E-state index in [2.05, 4.69) is 32.1 Å². The fraction of sp³-hybridized carbons (Fsp3) is 0.474. The lowest BCUT2D eigenvalue weighted by Gasteiger charge is -2.34. The van der Waals surface area contributed by atoms with Crippen molar-refractivity contribution in [1.29, 1.82) is 0 Å². The molecule has 1 fully saturated rings. The van der Waals surface area contributed by atoms with E-state index in [-0.39, 0.29) is 12.0 Å². The van der Waals surface area contributed by atoms with Crippen molar-refractivity contribution in [1.82, 2.24) is 15.0 Å². The van der Waals surface area contributed by atoms with Crippen LogP contribution in [0.25, 0.3) is 0 Å². The summed E-state index contributed by atoms with van der Waals surface area (Å²) in [6.07, 6.45) is 6.26. The number of carbonyl (C=O) groups excluding carboxylic acids is 1. The largest absolute Gasteiger partial charge is 0.462 e. The number of hydrogen-bond donors (Lipinski definition) is 1. The highest BCUT2D eigenvalue weighted by molar-refractivity contribution is 5.94. The summed E-state index contributed by atoms with van der Waals surface area (Å²) in [4.78, 5) is 27.4. The van der Waals surface area contributed by atoms with E-state index in [4.69, 9.17) is 4.74 Å². The Bertz CT molecular complexity index is 752. The van der Waals surface area contributed by atoms with Gasteiger partial charge in [-0.05, 0) is 38.3 Å². The highest BCUT2D eigenvalue weighted by atomic mass is 16.5. The molecule has 1 N–H and O–H groups in total. The van der Waals surface area contributed by atoms with Crippen LogP contribution in [-0.4, -0.2) is 46.7 Å². The molecule has 7 nitrogen and oxygen atoms in total. The van der Waals surface area contributed by atoms with Crippen LogP contribution in [0.5, 0.6) is 0 Å². The van der Waals surface area contributed by atoms with Gasteiger partial charge in [-0.15, -0.1) is 0 Å². The second kappa shape index (κ2) is 8.60. The number of rotatable bonds is 6. The lowest BCUT2D eigenvalue weighted by Crippen LogP contribution is -2.43. The molecular formula is C19H25N5O2. The number of esters is 1. The topological polar surface area (TPSA) is 80.2 Å². The number of carbonyl (C=O) groups is 1. The highest BCUT2D eigenvalue weighted by Gasteiger charge is 2.23. The first-order valence-corrected chi connectivity index (χ1v) is 9.15. The molecule has 1 unspecified atom stereocenters. The molecule has 0 amide bonds. The van der Waals surface area contributed by atoms with Crippen molar-refractivity contribution >= 4 is 17.6 Å². The van der Waals surface area contributed by atoms with Crippen LogP contribution in [0.2, 0.25) is 0 Å². The number of ether oxygens (including phenoxy) is 1. The summed E-state index contributed by atoms with van der Waals surface area (Å²) in [5.41, 5.74) is 1.51. The van der Waals surface area contributed by atoms with E-state index in [0.717, 1.165) is 43.9 Å². The lowest BCUT2D eigenvalue weighted by atomic mass is 10.1. The van der Waals surface area contributed by atoms with Gasteiger partial charge in [-0.3, -0.25) is 0 Å². The van der Waals surface area contributed by atoms with E-state index >= 15 is 0 Å². The van der Waals surface area contributed by atoms with Crippen LogP contribution in [0.3, 0.4) is 0 Å². The maximum absolute atomic E-state index is 12.1. The number of nitrogens with zero attached hydrogens (tertiary/aromatic N) is 4. The minimum atomic E-state index is -0.348. The Labute approximate surface area is 153 Å². The molecule has 0 saturated carbocycles. The quantitative estimate of drug-likeness (QED) is 0.798. The van der Waals surface area contributed by atoms with Crippen molar-refractivity contribution in [2.24, 2.45) is 0 Å². The molecule has 0 radical (unpaired) electrons. The Morgan fingerprint density at radius 1 is 1.35 bits per heavy atom. The summed E-state index contributed by atoms with van der Waals surface area (Å²) in [6, 6.07) is 5.73. The Hall–Kier alpha value is -2.70. The first kappa shape index (κ1) is 18.1. The number of aryl methyl sites for hydroxylation is 1. The zero-order chi connectivity index (χ0) is 18.4. The SMILES string of the molecule is CCOC(=O)c1cccnc1NC1CCCN(c2cc(CC)ncn2)C1. The van der Waals surface area contributed by atoms with Crippen LogP contribution in [0.1, 0.15) is 42.7 Å². The average molecular weight is 355 g/mol. The predicted octanol–water partition coefficient (Wildman–Crippen LogP) is 2.69. The Kier molecular flexibility index (Phi) is 5.99. The average Bonchev–Trinajstić information content (AvgIpc) is 2.69. The summed E-state index contributed by atoms with van der Waals surface area (Å²) in [5, 5.41) is 3.42. The molecule has 138 valence electrons. The van der Waals surface area contributed by atoms with Crippen molar-refractivity contribution in [2.75, 3.05) is 29.9 Å². The van der Waals surface area contributed by atoms with Crippen LogP contribution in [0.4, 0.5) is 11.6 Å². The number of anilines is 2. The maximum atomic E-state index is 12.1. The number of nitrogens with one attached hydrogen (secondary N) is 1. The maximum Gasteiger partial charge on any atom is 0.341 e. The van der Waals surface area contributed by atoms with Crippen LogP contribution in [0.15, 0.2) is 30.7 Å². The molecule has 2 aromatic rings. The zero-order valence-electron chi connectivity index (χ0n) is 15.3. The Morgan fingerprint density at radius 3 is 3.04 bits per heavy atom. The third-order valence-electron chi connectivity index (χ3n) is 4.46. The van der Waals surface area contributed by atoms with Gasteiger partial charge < -0.3 is 15.0 Å². The lowest BCUT2D eigenvalue weighted by molar-refractivity contribution is 0.0527. The van der Waals surface area contributed by atoms with Crippen LogP contribution in [0, 0.1) is 0 Å². The standard InChI is InChI=1S/C19H25N5O2/c1-3-14-11-17(22-13-21-14)24-10-6-7-15(12-24)23-18-16(8-5-9-20-18)19(25)26-4-2/h5,8-9,11,13,15H,3-4,6-7,10,12H2,1-2H3,(H,20,23). The molecule has 0 bridgehead atoms. The summed E-state index contributed by atoms with van der Waals surface area (Å²) in [7, 11) is 0. The van der Waals surface area contributed by atoms with Gasteiger partial charge in [-0.25, -0.2) is 19.7 Å². The minimum Gasteiger partial charge on any atom is -0.462 e. The van der Waals surface area contributed by atoms with E-state index in [1.54, 1.807) is 31.6 Å². The van der Waals surface area contributed by atoms with Crippen molar-refractivity contribution < 1.29 is 9.53 Å². The number of aromatic nitrogens is 3. The molecule has 1 aliphatic rings. The normalized spacial score (nSPS) is 17.0. The number of piperidine rings is 1. The zero-order valence-corrected chi connectivity index (χ0v) is 15.3. The molecule has 2 aromatic heterocycles. The summed E-state index contributed by atoms with van der Waals surface area (Å²) in [5.74, 6) is 1.18. The molecule has 3 rings (SSSR count). The van der Waals surface area contributed by atoms with Crippen molar-refractivity contribution in [3.8, 4) is 0 Å². The van der Waals surface area contributed by atoms with Gasteiger partial charge in [0.05, 0.1) is 6.61 Å². The third kappa shape index (κ3) is 4.28. The van der Waals surface area contributed by atoms with Crippen molar-refractivity contribution in [3.63, 3.8) is 0 Å². The summed E-state index contributed by atoms with van der Waals surface area (Å²) in [6.45, 7) is 6.00. The van der Waals surface area contributed by atoms with Gasteiger partial charge in [0.1, 0.15) is 23.5 Å². The summed E-state index contributed by atoms with van der Waals surface area (Å²) < 4.78 is 5.13. The predicted molar refractivity (Wildman–Crippen MR) is 100 cm³/mol. The molecule has 1 atom stereocenters. The molecule has 0 spiro atoms. The molecule has 1 saturated heterocycles. The minimum absolute atomic E-state index is 0.187. The second-order valence-corrected chi connectivity index (χ2v) is 6.27. The van der Waals surface area contributed by atoms with E-state index in [9.17, 15) is 4.79 Å². The fourth-order valence-corrected chi connectivity index (χ4v) is 3.14. The number of pyridine rings is 1. The van der Waals surface area contributed by atoms with Gasteiger partial charge in [0.15, 0.2) is 0 Å². The molecule has 7 heteroatoms. The third-order valence-corrected chi connectivity index (χ3v) is 4.46. The van der Waals surface area contributed by atoms with E-state index < -0.39 is 0 Å². The smallest absolute Gasteiger partial charge is 0.341 e. The molecule has 3 heterocycles. The van der Waals surface area contributed by atoms with Gasteiger partial charge in [0.2, 0.25) is 0 Å². The monoisotopic (exact) mass is 355 g/mol. The van der Waals surface area contributed by atoms with Crippen LogP contribution < -0.4 is 10.2 Å². The number of hydrogen-bond acceptors (Lipinski definition) is 7. The van der Waals surface area contributed by atoms with Crippen molar-refractivity contribution in [3.05, 3.63) is 42.0 Å². The first-order chi connectivity index (χ1) is 12.7. The van der Waals surface area contributed by atoms with Gasteiger partial charge in [0, 0.05) is 37.1 Å². The van der Waals surface area contributed by atoms with Crippen molar-refractivity contribution in [2.45, 2.75) is 39.2 Å². The molecular weight excluding hydrogens is 330 g/mol. The first-order valence-electron chi connectivity index (χ1n) is 9.15. The van der Waals surface area contributed by atoms with Gasteiger partial charge in [-0.2, -0.15) is 0 Å². The van der Waals surface area contributed by atoms with Gasteiger partial charge >= 0.3 is 5.97 Å². The van der Waals surface area contributed by atoms with Gasteiger partial charge in [-0.1, -0.05) is 6.92 Å². The Morgan fingerprint density at radius 2 is 2.23 bits per heavy atom. The Balaban J connectivity index is 1.72. The molecule has 0 aliphatic carbocycles. The van der Waals surface area contributed by atoms with E-state index in [0.29, 0.717) is 18.0 Å². The van der Waals surface area contributed by atoms with Crippen LogP contribution >= 0.6 is 0 Å². The van der Waals surface area contributed by atoms with E-state index in [1.165, 1.54) is 0 Å². The summed E-state index contributed by atoms with van der Waals surface area (Å²) >= 11 is 0. The molecule has 26 heavy (non-hydrogen) atoms. The van der Waals surface area contributed by atoms with Gasteiger partial charge in [0.25, 0.3) is 0 Å². The molecule has 0 aromatic carbocycles. The fourth-order valence-electron chi connectivity index (χ4n) is 3.14. The highest BCUT2D eigenvalue weighted by Crippen LogP contribution is 2.22. The second-order valence-electron chi connectivity index (χ2n) is 6.27.